The fourth-order valence-electron chi connectivity index (χ4n) is 3.44. The van der Waals surface area contributed by atoms with Crippen molar-refractivity contribution in [3.05, 3.63) is 70.9 Å². The highest BCUT2D eigenvalue weighted by Crippen LogP contribution is 2.21. The summed E-state index contributed by atoms with van der Waals surface area (Å²) >= 11 is 0. The molecular weight excluding hydrogens is 400 g/mol. The van der Waals surface area contributed by atoms with Crippen molar-refractivity contribution >= 4 is 11.8 Å². The van der Waals surface area contributed by atoms with Crippen LogP contribution >= 0.6 is 0 Å². The molecule has 0 atom stereocenters. The lowest BCUT2D eigenvalue weighted by Crippen LogP contribution is -2.51. The molecule has 1 aromatic carbocycles. The van der Waals surface area contributed by atoms with Gasteiger partial charge in [0, 0.05) is 37.8 Å². The van der Waals surface area contributed by atoms with E-state index in [-0.39, 0.29) is 29.7 Å². The lowest BCUT2D eigenvalue weighted by molar-refractivity contribution is -0.133. The summed E-state index contributed by atoms with van der Waals surface area (Å²) in [5, 5.41) is 4.35. The van der Waals surface area contributed by atoms with Crippen LogP contribution in [0.15, 0.2) is 64.0 Å². The van der Waals surface area contributed by atoms with E-state index >= 15 is 0 Å². The van der Waals surface area contributed by atoms with E-state index < -0.39 is 0 Å². The molecule has 3 heterocycles. The zero-order valence-electron chi connectivity index (χ0n) is 17.1. The number of piperazine rings is 1. The van der Waals surface area contributed by atoms with Gasteiger partial charge < -0.3 is 19.0 Å². The van der Waals surface area contributed by atoms with Crippen LogP contribution in [0.3, 0.4) is 0 Å². The summed E-state index contributed by atoms with van der Waals surface area (Å²) in [6.07, 6.45) is 1.46. The molecule has 2 aromatic heterocycles. The van der Waals surface area contributed by atoms with Crippen LogP contribution < -0.4 is 10.3 Å². The van der Waals surface area contributed by atoms with Crippen LogP contribution in [0.2, 0.25) is 0 Å². The predicted octanol–water partition coefficient (Wildman–Crippen LogP) is 1.50. The summed E-state index contributed by atoms with van der Waals surface area (Å²) in [4.78, 5) is 40.7. The van der Waals surface area contributed by atoms with Gasteiger partial charge in [0.05, 0.1) is 19.1 Å². The van der Waals surface area contributed by atoms with Crippen molar-refractivity contribution in [3.63, 3.8) is 0 Å². The van der Waals surface area contributed by atoms with Crippen LogP contribution in [0.5, 0.6) is 5.75 Å². The summed E-state index contributed by atoms with van der Waals surface area (Å²) in [5.41, 5.74) is 0.998. The van der Waals surface area contributed by atoms with Crippen LogP contribution in [0, 0.1) is 0 Å². The molecule has 1 aliphatic heterocycles. The van der Waals surface area contributed by atoms with E-state index in [2.05, 4.69) is 5.10 Å². The Morgan fingerprint density at radius 2 is 1.81 bits per heavy atom. The van der Waals surface area contributed by atoms with Crippen molar-refractivity contribution in [2.45, 2.75) is 6.54 Å². The highest BCUT2D eigenvalue weighted by Gasteiger charge is 2.26. The number of methoxy groups -OCH3 is 1. The van der Waals surface area contributed by atoms with Crippen molar-refractivity contribution in [2.24, 2.45) is 0 Å². The summed E-state index contributed by atoms with van der Waals surface area (Å²) in [5.74, 6) is 0.545. The van der Waals surface area contributed by atoms with E-state index in [0.29, 0.717) is 37.6 Å². The zero-order valence-corrected chi connectivity index (χ0v) is 17.1. The number of hydrogen-bond donors (Lipinski definition) is 0. The average molecular weight is 422 g/mol. The Morgan fingerprint density at radius 1 is 1.03 bits per heavy atom. The molecule has 0 N–H and O–H groups in total. The first-order chi connectivity index (χ1) is 15.0. The maximum atomic E-state index is 12.8. The largest absolute Gasteiger partial charge is 0.497 e. The Hall–Kier alpha value is -3.88. The number of rotatable bonds is 5. The standard InChI is InChI=1S/C22H22N4O5/c1-30-17-5-2-4-16(14-17)18-7-8-20(27)26(23-18)15-21(28)24-9-11-25(12-10-24)22(29)19-6-3-13-31-19/h2-8,13-14H,9-12,15H2,1H3. The van der Waals surface area contributed by atoms with Crippen LogP contribution in [0.1, 0.15) is 10.6 Å². The minimum Gasteiger partial charge on any atom is -0.497 e. The van der Waals surface area contributed by atoms with Crippen LogP contribution in [0.25, 0.3) is 11.3 Å². The minimum absolute atomic E-state index is 0.164. The molecule has 0 aliphatic carbocycles. The quantitative estimate of drug-likeness (QED) is 0.618. The molecular formula is C22H22N4O5. The summed E-state index contributed by atoms with van der Waals surface area (Å²) in [7, 11) is 1.58. The zero-order chi connectivity index (χ0) is 21.8. The van der Waals surface area contributed by atoms with Gasteiger partial charge in [0.15, 0.2) is 5.76 Å². The highest BCUT2D eigenvalue weighted by molar-refractivity contribution is 5.91. The first kappa shape index (κ1) is 20.4. The topological polar surface area (TPSA) is 97.9 Å². The third-order valence-electron chi connectivity index (χ3n) is 5.17. The second kappa shape index (κ2) is 8.86. The van der Waals surface area contributed by atoms with Crippen LogP contribution in [-0.2, 0) is 11.3 Å². The SMILES string of the molecule is COc1cccc(-c2ccc(=O)n(CC(=O)N3CCN(C(=O)c4ccco4)CC3)n2)c1. The molecule has 160 valence electrons. The molecule has 9 heteroatoms. The molecule has 31 heavy (non-hydrogen) atoms. The number of aromatic nitrogens is 2. The lowest BCUT2D eigenvalue weighted by Gasteiger charge is -2.34. The van der Waals surface area contributed by atoms with E-state index in [9.17, 15) is 14.4 Å². The van der Waals surface area contributed by atoms with Gasteiger partial charge in [0.2, 0.25) is 5.91 Å². The number of furan rings is 1. The molecule has 9 nitrogen and oxygen atoms in total. The highest BCUT2D eigenvalue weighted by atomic mass is 16.5. The summed E-state index contributed by atoms with van der Waals surface area (Å²) in [6.45, 7) is 1.41. The molecule has 0 unspecified atom stereocenters. The van der Waals surface area contributed by atoms with E-state index in [1.807, 2.05) is 24.3 Å². The molecule has 0 spiro atoms. The molecule has 1 saturated heterocycles. The Morgan fingerprint density at radius 3 is 2.52 bits per heavy atom. The maximum Gasteiger partial charge on any atom is 0.289 e. The number of hydrogen-bond acceptors (Lipinski definition) is 6. The molecule has 2 amide bonds. The lowest BCUT2D eigenvalue weighted by atomic mass is 10.1. The van der Waals surface area contributed by atoms with Crippen molar-refractivity contribution in [1.82, 2.24) is 19.6 Å². The van der Waals surface area contributed by atoms with E-state index in [4.69, 9.17) is 9.15 Å². The molecule has 1 fully saturated rings. The number of nitrogens with zero attached hydrogens (tertiary/aromatic N) is 4. The second-order valence-electron chi connectivity index (χ2n) is 7.10. The third-order valence-corrected chi connectivity index (χ3v) is 5.17. The monoisotopic (exact) mass is 422 g/mol. The summed E-state index contributed by atoms with van der Waals surface area (Å²) < 4.78 is 11.5. The van der Waals surface area contributed by atoms with Gasteiger partial charge in [-0.2, -0.15) is 5.10 Å². The van der Waals surface area contributed by atoms with Crippen LogP contribution in [0.4, 0.5) is 0 Å². The number of ether oxygens (including phenoxy) is 1. The van der Waals surface area contributed by atoms with Crippen LogP contribution in [-0.4, -0.2) is 64.7 Å². The minimum atomic E-state index is -0.355. The Balaban J connectivity index is 1.42. The van der Waals surface area contributed by atoms with E-state index in [1.54, 1.807) is 35.1 Å². The number of amides is 2. The molecule has 1 aliphatic rings. The number of carbonyl (C=O) groups excluding carboxylic acids is 2. The molecule has 0 radical (unpaired) electrons. The van der Waals surface area contributed by atoms with Gasteiger partial charge in [-0.25, -0.2) is 4.68 Å². The van der Waals surface area contributed by atoms with Crippen molar-refractivity contribution in [1.29, 1.82) is 0 Å². The Kier molecular flexibility index (Phi) is 5.83. The average Bonchev–Trinajstić information content (AvgIpc) is 3.35. The first-order valence-electron chi connectivity index (χ1n) is 9.88. The summed E-state index contributed by atoms with van der Waals surface area (Å²) in [6, 6.07) is 13.6. The van der Waals surface area contributed by atoms with Crippen molar-refractivity contribution < 1.29 is 18.7 Å². The molecule has 4 rings (SSSR count). The Bertz CT molecular complexity index is 1130. The molecule has 0 saturated carbocycles. The molecule has 3 aromatic rings. The maximum absolute atomic E-state index is 12.8. The normalized spacial score (nSPS) is 13.8. The number of benzene rings is 1. The molecule has 0 bridgehead atoms. The van der Waals surface area contributed by atoms with E-state index in [1.165, 1.54) is 12.3 Å². The van der Waals surface area contributed by atoms with Gasteiger partial charge in [0.1, 0.15) is 12.3 Å². The second-order valence-corrected chi connectivity index (χ2v) is 7.10. The van der Waals surface area contributed by atoms with Gasteiger partial charge in [-0.1, -0.05) is 12.1 Å². The predicted molar refractivity (Wildman–Crippen MR) is 112 cm³/mol. The fraction of sp³-hybridized carbons (Fsp3) is 0.273. The van der Waals surface area contributed by atoms with Gasteiger partial charge in [-0.15, -0.1) is 0 Å². The van der Waals surface area contributed by atoms with Crippen molar-refractivity contribution in [2.75, 3.05) is 33.3 Å². The Labute approximate surface area is 178 Å². The van der Waals surface area contributed by atoms with Crippen molar-refractivity contribution in [3.8, 4) is 17.0 Å². The first-order valence-corrected chi connectivity index (χ1v) is 9.88. The van der Waals surface area contributed by atoms with Gasteiger partial charge in [0.25, 0.3) is 11.5 Å². The van der Waals surface area contributed by atoms with Gasteiger partial charge >= 0.3 is 0 Å². The fourth-order valence-corrected chi connectivity index (χ4v) is 3.44. The smallest absolute Gasteiger partial charge is 0.289 e. The van der Waals surface area contributed by atoms with Gasteiger partial charge in [-0.05, 0) is 30.3 Å². The van der Waals surface area contributed by atoms with E-state index in [0.717, 1.165) is 10.2 Å². The number of carbonyl (C=O) groups is 2. The van der Waals surface area contributed by atoms with Gasteiger partial charge in [-0.3, -0.25) is 14.4 Å². The third kappa shape index (κ3) is 4.50.